The highest BCUT2D eigenvalue weighted by Crippen LogP contribution is 2.34. The van der Waals surface area contributed by atoms with Gasteiger partial charge in [-0.05, 0) is 33.1 Å². The third-order valence-electron chi connectivity index (χ3n) is 3.90. The molecule has 3 atom stereocenters. The van der Waals surface area contributed by atoms with Gasteiger partial charge in [-0.15, -0.1) is 11.3 Å². The Balaban J connectivity index is 1.67. The van der Waals surface area contributed by atoms with Crippen LogP contribution in [0.4, 0.5) is 5.13 Å². The molecule has 2 fully saturated rings. The fraction of sp³-hybridized carbons (Fsp3) is 0.667. The highest BCUT2D eigenvalue weighted by atomic mass is 32.1. The van der Waals surface area contributed by atoms with Gasteiger partial charge in [0, 0.05) is 17.0 Å². The number of carbonyl (C=O) groups excluding carboxylic acids is 1. The van der Waals surface area contributed by atoms with Crippen molar-refractivity contribution >= 4 is 22.4 Å². The lowest BCUT2D eigenvalue weighted by Gasteiger charge is -2.18. The van der Waals surface area contributed by atoms with E-state index in [-0.39, 0.29) is 11.8 Å². The number of aromatic nitrogens is 1. The molecule has 0 radical (unpaired) electrons. The van der Waals surface area contributed by atoms with E-state index in [1.807, 2.05) is 13.8 Å². The minimum Gasteiger partial charge on any atom is -0.310 e. The number of anilines is 1. The molecule has 0 spiro atoms. The summed E-state index contributed by atoms with van der Waals surface area (Å²) in [5, 5.41) is 7.19. The molecule has 2 aliphatic heterocycles. The maximum absolute atomic E-state index is 12.1. The van der Waals surface area contributed by atoms with Gasteiger partial charge in [-0.3, -0.25) is 4.79 Å². The molecule has 2 bridgehead atoms. The Bertz CT molecular complexity index is 437. The number of rotatable bonds is 2. The predicted molar refractivity (Wildman–Crippen MR) is 68.3 cm³/mol. The van der Waals surface area contributed by atoms with Gasteiger partial charge in [0.1, 0.15) is 0 Å². The minimum absolute atomic E-state index is 0.137. The van der Waals surface area contributed by atoms with Gasteiger partial charge < -0.3 is 10.6 Å². The van der Waals surface area contributed by atoms with Crippen molar-refractivity contribution in [1.82, 2.24) is 10.3 Å². The summed E-state index contributed by atoms with van der Waals surface area (Å²) in [4.78, 5) is 17.7. The maximum atomic E-state index is 12.1. The summed E-state index contributed by atoms with van der Waals surface area (Å²) in [5.74, 6) is 0.275. The van der Waals surface area contributed by atoms with E-state index < -0.39 is 0 Å². The third kappa shape index (κ3) is 1.98. The number of hydrogen-bond donors (Lipinski definition) is 2. The smallest absolute Gasteiger partial charge is 0.230 e. The average molecular weight is 251 g/mol. The van der Waals surface area contributed by atoms with E-state index in [1.165, 1.54) is 11.3 Å². The lowest BCUT2D eigenvalue weighted by Crippen LogP contribution is -2.32. The monoisotopic (exact) mass is 251 g/mol. The van der Waals surface area contributed by atoms with E-state index in [9.17, 15) is 4.79 Å². The molecule has 17 heavy (non-hydrogen) atoms. The van der Waals surface area contributed by atoms with Gasteiger partial charge >= 0.3 is 0 Å². The molecule has 3 heterocycles. The van der Waals surface area contributed by atoms with Crippen LogP contribution in [0.15, 0.2) is 0 Å². The molecule has 1 aromatic heterocycles. The fourth-order valence-electron chi connectivity index (χ4n) is 2.84. The first-order valence-corrected chi connectivity index (χ1v) is 6.96. The van der Waals surface area contributed by atoms with Gasteiger partial charge in [-0.2, -0.15) is 0 Å². The van der Waals surface area contributed by atoms with Crippen molar-refractivity contribution in [3.8, 4) is 0 Å². The van der Waals surface area contributed by atoms with Crippen molar-refractivity contribution in [2.75, 3.05) is 5.32 Å². The molecule has 4 nitrogen and oxygen atoms in total. The topological polar surface area (TPSA) is 54.0 Å². The predicted octanol–water partition coefficient (Wildman–Crippen LogP) is 1.84. The van der Waals surface area contributed by atoms with Crippen LogP contribution in [-0.2, 0) is 4.79 Å². The van der Waals surface area contributed by atoms with E-state index in [0.29, 0.717) is 12.1 Å². The van der Waals surface area contributed by atoms with Crippen LogP contribution >= 0.6 is 11.3 Å². The van der Waals surface area contributed by atoms with Gasteiger partial charge in [0.15, 0.2) is 5.13 Å². The maximum Gasteiger partial charge on any atom is 0.230 e. The largest absolute Gasteiger partial charge is 0.310 e. The van der Waals surface area contributed by atoms with Crippen molar-refractivity contribution in [2.45, 2.75) is 45.2 Å². The summed E-state index contributed by atoms with van der Waals surface area (Å²) in [6, 6.07) is 0.956. The van der Waals surface area contributed by atoms with Crippen molar-refractivity contribution < 1.29 is 4.79 Å². The Morgan fingerprint density at radius 2 is 2.29 bits per heavy atom. The number of aryl methyl sites for hydroxylation is 2. The number of carbonyl (C=O) groups is 1. The Hall–Kier alpha value is -0.940. The quantitative estimate of drug-likeness (QED) is 0.843. The van der Waals surface area contributed by atoms with Gasteiger partial charge in [0.2, 0.25) is 5.91 Å². The number of fused-ring (bicyclic) bond motifs is 2. The molecule has 0 aliphatic carbocycles. The number of nitrogens with zero attached hydrogens (tertiary/aromatic N) is 1. The Labute approximate surface area is 105 Å². The van der Waals surface area contributed by atoms with Gasteiger partial charge in [0.25, 0.3) is 0 Å². The zero-order valence-electron chi connectivity index (χ0n) is 10.1. The number of thiazole rings is 1. The highest BCUT2D eigenvalue weighted by Gasteiger charge is 2.42. The summed E-state index contributed by atoms with van der Waals surface area (Å²) in [5.41, 5.74) is 1.01. The zero-order valence-corrected chi connectivity index (χ0v) is 10.9. The second-order valence-electron chi connectivity index (χ2n) is 5.04. The minimum atomic E-state index is 0.137. The standard InChI is InChI=1S/C12H17N3OS/c1-6-7(2)17-12(13-6)15-11(16)9-5-8-3-4-10(9)14-8/h8-10,14H,3-5H2,1-2H3,(H,13,15,16). The van der Waals surface area contributed by atoms with Crippen LogP contribution in [0, 0.1) is 19.8 Å². The average Bonchev–Trinajstić information content (AvgIpc) is 2.95. The van der Waals surface area contributed by atoms with Crippen LogP contribution in [0.25, 0.3) is 0 Å². The molecule has 2 N–H and O–H groups in total. The number of nitrogens with one attached hydrogen (secondary N) is 2. The summed E-state index contributed by atoms with van der Waals surface area (Å²) >= 11 is 1.56. The molecule has 1 amide bonds. The van der Waals surface area contributed by atoms with Gasteiger partial charge in [0.05, 0.1) is 11.6 Å². The zero-order chi connectivity index (χ0) is 12.0. The molecule has 2 saturated heterocycles. The number of hydrogen-bond acceptors (Lipinski definition) is 4. The fourth-order valence-corrected chi connectivity index (χ4v) is 3.66. The molecule has 1 aromatic rings. The van der Waals surface area contributed by atoms with Crippen molar-refractivity contribution in [3.63, 3.8) is 0 Å². The molecular weight excluding hydrogens is 234 g/mol. The first kappa shape index (κ1) is 11.2. The van der Waals surface area contributed by atoms with E-state index in [2.05, 4.69) is 15.6 Å². The molecule has 5 heteroatoms. The Morgan fingerprint density at radius 3 is 2.82 bits per heavy atom. The molecular formula is C12H17N3OS. The second kappa shape index (κ2) is 4.07. The van der Waals surface area contributed by atoms with Crippen molar-refractivity contribution in [1.29, 1.82) is 0 Å². The van der Waals surface area contributed by atoms with Crippen LogP contribution in [0.3, 0.4) is 0 Å². The molecule has 0 aromatic carbocycles. The molecule has 3 rings (SSSR count). The normalized spacial score (nSPS) is 30.8. The van der Waals surface area contributed by atoms with E-state index >= 15 is 0 Å². The van der Waals surface area contributed by atoms with Crippen molar-refractivity contribution in [3.05, 3.63) is 10.6 Å². The van der Waals surface area contributed by atoms with Crippen molar-refractivity contribution in [2.24, 2.45) is 5.92 Å². The van der Waals surface area contributed by atoms with Crippen LogP contribution < -0.4 is 10.6 Å². The molecule has 0 saturated carbocycles. The van der Waals surface area contributed by atoms with Crippen LogP contribution in [0.2, 0.25) is 0 Å². The summed E-state index contributed by atoms with van der Waals surface area (Å²) < 4.78 is 0. The van der Waals surface area contributed by atoms with Crippen LogP contribution in [-0.4, -0.2) is 23.0 Å². The number of amides is 1. The highest BCUT2D eigenvalue weighted by molar-refractivity contribution is 7.15. The lowest BCUT2D eigenvalue weighted by molar-refractivity contribution is -0.120. The molecule has 3 unspecified atom stereocenters. The lowest BCUT2D eigenvalue weighted by atomic mass is 9.88. The van der Waals surface area contributed by atoms with E-state index in [4.69, 9.17) is 0 Å². The van der Waals surface area contributed by atoms with E-state index in [0.717, 1.165) is 23.7 Å². The third-order valence-corrected chi connectivity index (χ3v) is 4.88. The Kier molecular flexibility index (Phi) is 2.67. The van der Waals surface area contributed by atoms with Gasteiger partial charge in [-0.25, -0.2) is 4.98 Å². The van der Waals surface area contributed by atoms with E-state index in [1.54, 1.807) is 11.3 Å². The first-order valence-electron chi connectivity index (χ1n) is 6.14. The summed E-state index contributed by atoms with van der Waals surface area (Å²) in [6.45, 7) is 4.00. The van der Waals surface area contributed by atoms with Crippen LogP contribution in [0.1, 0.15) is 29.8 Å². The first-order chi connectivity index (χ1) is 8.13. The SMILES string of the molecule is Cc1nc(NC(=O)C2CC3CCC2N3)sc1C. The molecule has 2 aliphatic rings. The summed E-state index contributed by atoms with van der Waals surface area (Å²) in [6.07, 6.45) is 3.35. The second-order valence-corrected chi connectivity index (χ2v) is 6.24. The Morgan fingerprint density at radius 1 is 1.47 bits per heavy atom. The van der Waals surface area contributed by atoms with Crippen LogP contribution in [0.5, 0.6) is 0 Å². The van der Waals surface area contributed by atoms with Gasteiger partial charge in [-0.1, -0.05) is 0 Å². The summed E-state index contributed by atoms with van der Waals surface area (Å²) in [7, 11) is 0. The molecule has 92 valence electrons.